The maximum Gasteiger partial charge on any atom is 0.251 e. The lowest BCUT2D eigenvalue weighted by molar-refractivity contribution is -0.142. The van der Waals surface area contributed by atoms with Gasteiger partial charge in [0.05, 0.1) is 6.10 Å². The van der Waals surface area contributed by atoms with Gasteiger partial charge in [-0.25, -0.2) is 0 Å². The summed E-state index contributed by atoms with van der Waals surface area (Å²) in [6.07, 6.45) is 4.18. The first-order valence-electron chi connectivity index (χ1n) is 6.39. The summed E-state index contributed by atoms with van der Waals surface area (Å²) in [7, 11) is 0. The quantitative estimate of drug-likeness (QED) is 0.752. The second kappa shape index (κ2) is 5.15. The van der Waals surface area contributed by atoms with Gasteiger partial charge in [0.25, 0.3) is 5.91 Å². The van der Waals surface area contributed by atoms with Crippen LogP contribution in [-0.4, -0.2) is 42.6 Å². The Hall–Kier alpha value is -0.610. The minimum atomic E-state index is -0.229. The second-order valence-corrected chi connectivity index (χ2v) is 4.88. The van der Waals surface area contributed by atoms with Crippen LogP contribution in [0.5, 0.6) is 0 Å². The highest BCUT2D eigenvalue weighted by atomic mass is 16.5. The van der Waals surface area contributed by atoms with Crippen LogP contribution in [0.1, 0.15) is 32.6 Å². The molecule has 2 atom stereocenters. The molecule has 4 heteroatoms. The van der Waals surface area contributed by atoms with Crippen LogP contribution in [-0.2, 0) is 9.53 Å². The number of rotatable bonds is 5. The molecule has 92 valence electrons. The number of nitrogens with two attached hydrogens (primary N) is 1. The molecule has 1 amide bonds. The Kier molecular flexibility index (Phi) is 3.82. The molecule has 1 aliphatic heterocycles. The predicted molar refractivity (Wildman–Crippen MR) is 61.9 cm³/mol. The summed E-state index contributed by atoms with van der Waals surface area (Å²) in [6.45, 7) is 4.28. The number of likely N-dealkylation sites (N-methyl/N-ethyl adjacent to an activating group) is 1. The molecule has 1 saturated carbocycles. The van der Waals surface area contributed by atoms with Gasteiger partial charge in [-0.1, -0.05) is 0 Å². The van der Waals surface area contributed by atoms with Gasteiger partial charge < -0.3 is 15.4 Å². The van der Waals surface area contributed by atoms with Crippen LogP contribution in [0.15, 0.2) is 0 Å². The van der Waals surface area contributed by atoms with Gasteiger partial charge in [0.1, 0.15) is 6.10 Å². The van der Waals surface area contributed by atoms with E-state index in [1.165, 1.54) is 12.8 Å². The van der Waals surface area contributed by atoms with Crippen molar-refractivity contribution in [2.45, 2.75) is 44.8 Å². The lowest BCUT2D eigenvalue weighted by Gasteiger charge is -2.24. The summed E-state index contributed by atoms with van der Waals surface area (Å²) >= 11 is 0. The fraction of sp³-hybridized carbons (Fsp3) is 0.917. The van der Waals surface area contributed by atoms with E-state index in [-0.39, 0.29) is 18.1 Å². The predicted octanol–water partition coefficient (Wildman–Crippen LogP) is 0.751. The second-order valence-electron chi connectivity index (χ2n) is 4.88. The Morgan fingerprint density at radius 2 is 2.12 bits per heavy atom. The van der Waals surface area contributed by atoms with Gasteiger partial charge in [0, 0.05) is 19.6 Å². The van der Waals surface area contributed by atoms with Gasteiger partial charge in [-0.2, -0.15) is 0 Å². The van der Waals surface area contributed by atoms with Crippen molar-refractivity contribution >= 4 is 5.91 Å². The first kappa shape index (κ1) is 11.9. The summed E-state index contributed by atoms with van der Waals surface area (Å²) in [5, 5.41) is 0. The van der Waals surface area contributed by atoms with E-state index < -0.39 is 0 Å². The zero-order chi connectivity index (χ0) is 11.5. The summed E-state index contributed by atoms with van der Waals surface area (Å²) in [6, 6.07) is 0. The van der Waals surface area contributed by atoms with Crippen molar-refractivity contribution in [3.8, 4) is 0 Å². The largest absolute Gasteiger partial charge is 0.364 e. The molecule has 0 aromatic heterocycles. The number of nitrogens with zero attached hydrogens (tertiary/aromatic N) is 1. The van der Waals surface area contributed by atoms with Gasteiger partial charge in [-0.15, -0.1) is 0 Å². The molecule has 0 radical (unpaired) electrons. The molecule has 0 aromatic carbocycles. The molecule has 1 saturated heterocycles. The number of ether oxygens (including phenoxy) is 1. The normalized spacial score (nSPS) is 29.4. The molecule has 0 unspecified atom stereocenters. The lowest BCUT2D eigenvalue weighted by atomic mass is 10.1. The van der Waals surface area contributed by atoms with Crippen molar-refractivity contribution < 1.29 is 9.53 Å². The van der Waals surface area contributed by atoms with Gasteiger partial charge in [-0.3, -0.25) is 4.79 Å². The molecule has 0 spiro atoms. The first-order chi connectivity index (χ1) is 7.74. The Morgan fingerprint density at radius 1 is 1.38 bits per heavy atom. The fourth-order valence-corrected chi connectivity index (χ4v) is 2.25. The van der Waals surface area contributed by atoms with E-state index in [2.05, 4.69) is 0 Å². The van der Waals surface area contributed by atoms with Crippen LogP contribution in [0.2, 0.25) is 0 Å². The zero-order valence-electron chi connectivity index (χ0n) is 10.0. The molecular weight excluding hydrogens is 204 g/mol. The van der Waals surface area contributed by atoms with Crippen LogP contribution in [0.4, 0.5) is 0 Å². The molecule has 2 rings (SSSR count). The minimum absolute atomic E-state index is 0.0913. The van der Waals surface area contributed by atoms with Crippen LogP contribution in [0.3, 0.4) is 0 Å². The fourth-order valence-electron chi connectivity index (χ4n) is 2.25. The molecule has 2 N–H and O–H groups in total. The molecule has 0 aromatic rings. The highest BCUT2D eigenvalue weighted by Gasteiger charge is 2.34. The van der Waals surface area contributed by atoms with Crippen LogP contribution in [0, 0.1) is 5.92 Å². The third-order valence-corrected chi connectivity index (χ3v) is 3.51. The lowest BCUT2D eigenvalue weighted by Crippen LogP contribution is -2.40. The van der Waals surface area contributed by atoms with E-state index in [1.54, 1.807) is 0 Å². The van der Waals surface area contributed by atoms with Crippen molar-refractivity contribution in [2.75, 3.05) is 19.6 Å². The van der Waals surface area contributed by atoms with Crippen LogP contribution < -0.4 is 5.73 Å². The van der Waals surface area contributed by atoms with Crippen molar-refractivity contribution in [2.24, 2.45) is 11.7 Å². The molecule has 1 aliphatic carbocycles. The first-order valence-corrected chi connectivity index (χ1v) is 6.39. The van der Waals surface area contributed by atoms with E-state index in [0.717, 1.165) is 31.8 Å². The summed E-state index contributed by atoms with van der Waals surface area (Å²) in [5.74, 6) is 0.918. The van der Waals surface area contributed by atoms with E-state index in [1.807, 2.05) is 11.8 Å². The molecule has 0 bridgehead atoms. The average molecular weight is 226 g/mol. The monoisotopic (exact) mass is 226 g/mol. The van der Waals surface area contributed by atoms with Crippen molar-refractivity contribution in [3.05, 3.63) is 0 Å². The summed E-state index contributed by atoms with van der Waals surface area (Å²) in [5.41, 5.74) is 5.55. The average Bonchev–Trinajstić information content (AvgIpc) is 2.99. The smallest absolute Gasteiger partial charge is 0.251 e. The Morgan fingerprint density at radius 3 is 2.62 bits per heavy atom. The Labute approximate surface area is 97.1 Å². The van der Waals surface area contributed by atoms with Gasteiger partial charge in [0.15, 0.2) is 0 Å². The zero-order valence-corrected chi connectivity index (χ0v) is 10.0. The maximum absolute atomic E-state index is 12.2. The summed E-state index contributed by atoms with van der Waals surface area (Å²) < 4.78 is 5.64. The van der Waals surface area contributed by atoms with Crippen LogP contribution >= 0.6 is 0 Å². The third-order valence-electron chi connectivity index (χ3n) is 3.51. The molecule has 1 heterocycles. The Bertz CT molecular complexity index is 253. The number of carbonyl (C=O) groups is 1. The SMILES string of the molecule is CCN(CC1CC1)C(=O)[C@@H]1CC[C@H](CN)O1. The molecule has 2 aliphatic rings. The van der Waals surface area contributed by atoms with Crippen LogP contribution in [0.25, 0.3) is 0 Å². The van der Waals surface area contributed by atoms with Gasteiger partial charge >= 0.3 is 0 Å². The topological polar surface area (TPSA) is 55.6 Å². The molecule has 16 heavy (non-hydrogen) atoms. The molecule has 2 fully saturated rings. The van der Waals surface area contributed by atoms with Gasteiger partial charge in [-0.05, 0) is 38.5 Å². The maximum atomic E-state index is 12.2. The number of carbonyl (C=O) groups excluding carboxylic acids is 1. The number of hydrogen-bond donors (Lipinski definition) is 1. The van der Waals surface area contributed by atoms with Gasteiger partial charge in [0.2, 0.25) is 0 Å². The summed E-state index contributed by atoms with van der Waals surface area (Å²) in [4.78, 5) is 14.1. The van der Waals surface area contributed by atoms with Crippen molar-refractivity contribution in [3.63, 3.8) is 0 Å². The molecular formula is C12H22N2O2. The highest BCUT2D eigenvalue weighted by molar-refractivity contribution is 5.81. The van der Waals surface area contributed by atoms with Crippen molar-refractivity contribution in [1.29, 1.82) is 0 Å². The van der Waals surface area contributed by atoms with E-state index in [4.69, 9.17) is 10.5 Å². The number of hydrogen-bond acceptors (Lipinski definition) is 3. The van der Waals surface area contributed by atoms with E-state index in [0.29, 0.717) is 6.54 Å². The van der Waals surface area contributed by atoms with Crippen molar-refractivity contribution in [1.82, 2.24) is 4.90 Å². The minimum Gasteiger partial charge on any atom is -0.364 e. The van der Waals surface area contributed by atoms with E-state index >= 15 is 0 Å². The molecule has 4 nitrogen and oxygen atoms in total. The standard InChI is InChI=1S/C12H22N2O2/c1-2-14(8-9-3-4-9)12(15)11-6-5-10(7-13)16-11/h9-11H,2-8,13H2,1H3/t10-,11+/m1/s1. The van der Waals surface area contributed by atoms with E-state index in [9.17, 15) is 4.79 Å². The third kappa shape index (κ3) is 2.74. The Balaban J connectivity index is 1.84. The highest BCUT2D eigenvalue weighted by Crippen LogP contribution is 2.30. The number of amides is 1.